The Bertz CT molecular complexity index is 1360. The van der Waals surface area contributed by atoms with Gasteiger partial charge in [0, 0.05) is 22.5 Å². The second kappa shape index (κ2) is 10.1. The van der Waals surface area contributed by atoms with Gasteiger partial charge in [0.1, 0.15) is 6.54 Å². The van der Waals surface area contributed by atoms with Crippen LogP contribution in [-0.2, 0) is 20.9 Å². The van der Waals surface area contributed by atoms with Crippen LogP contribution in [0.1, 0.15) is 32.1 Å². The third-order valence-electron chi connectivity index (χ3n) is 6.77. The molecule has 0 unspecified atom stereocenters. The molecule has 1 amide bonds. The predicted octanol–water partition coefficient (Wildman–Crippen LogP) is 5.06. The van der Waals surface area contributed by atoms with Gasteiger partial charge in [0.05, 0.1) is 11.0 Å². The lowest BCUT2D eigenvalue weighted by Gasteiger charge is -2.34. The Morgan fingerprint density at radius 2 is 1.37 bits per heavy atom. The van der Waals surface area contributed by atoms with Crippen molar-refractivity contribution in [1.82, 2.24) is 4.57 Å². The molecule has 1 aliphatic carbocycles. The number of esters is 1. The largest absolute Gasteiger partial charge is 0.454 e. The van der Waals surface area contributed by atoms with Crippen LogP contribution in [0.15, 0.2) is 83.7 Å². The molecular formula is C29H28N2O4. The summed E-state index contributed by atoms with van der Waals surface area (Å²) in [6.45, 7) is -0.413. The van der Waals surface area contributed by atoms with E-state index >= 15 is 0 Å². The molecule has 5 rings (SSSR count). The number of anilines is 1. The van der Waals surface area contributed by atoms with Gasteiger partial charge in [-0.25, -0.2) is 0 Å². The van der Waals surface area contributed by atoms with E-state index < -0.39 is 5.97 Å². The van der Waals surface area contributed by atoms with E-state index in [0.717, 1.165) is 31.4 Å². The van der Waals surface area contributed by atoms with Crippen molar-refractivity contribution in [2.45, 2.75) is 44.7 Å². The van der Waals surface area contributed by atoms with Crippen molar-refractivity contribution in [3.8, 4) is 0 Å². The molecule has 1 saturated carbocycles. The molecule has 35 heavy (non-hydrogen) atoms. The molecule has 1 aromatic heterocycles. The normalized spacial score (nSPS) is 14.2. The van der Waals surface area contributed by atoms with Crippen molar-refractivity contribution >= 4 is 39.4 Å². The van der Waals surface area contributed by atoms with Crippen LogP contribution in [-0.4, -0.2) is 29.1 Å². The fraction of sp³-hybridized carbons (Fsp3) is 0.276. The minimum atomic E-state index is -0.519. The molecule has 0 atom stereocenters. The van der Waals surface area contributed by atoms with Gasteiger partial charge in [-0.2, -0.15) is 0 Å². The van der Waals surface area contributed by atoms with Gasteiger partial charge in [0.2, 0.25) is 0 Å². The molecule has 0 radical (unpaired) electrons. The zero-order valence-corrected chi connectivity index (χ0v) is 19.6. The number of benzene rings is 3. The van der Waals surface area contributed by atoms with E-state index in [1.54, 1.807) is 21.6 Å². The summed E-state index contributed by atoms with van der Waals surface area (Å²) in [7, 11) is 0. The number of para-hydroxylation sites is 3. The lowest BCUT2D eigenvalue weighted by Crippen LogP contribution is -2.44. The van der Waals surface area contributed by atoms with Gasteiger partial charge < -0.3 is 14.2 Å². The second-order valence-electron chi connectivity index (χ2n) is 9.00. The summed E-state index contributed by atoms with van der Waals surface area (Å²) in [5, 5.41) is 1.09. The summed E-state index contributed by atoms with van der Waals surface area (Å²) in [5.74, 6) is -0.736. The van der Waals surface area contributed by atoms with Gasteiger partial charge in [-0.15, -0.1) is 0 Å². The highest BCUT2D eigenvalue weighted by atomic mass is 16.5. The molecule has 0 spiro atoms. The molecule has 0 saturated heterocycles. The van der Waals surface area contributed by atoms with Crippen LogP contribution in [0.5, 0.6) is 0 Å². The molecular weight excluding hydrogens is 440 g/mol. The number of pyridine rings is 1. The van der Waals surface area contributed by atoms with Crippen LogP contribution in [0.2, 0.25) is 0 Å². The predicted molar refractivity (Wildman–Crippen MR) is 137 cm³/mol. The van der Waals surface area contributed by atoms with Crippen molar-refractivity contribution in [3.63, 3.8) is 0 Å². The molecule has 3 aromatic carbocycles. The third-order valence-corrected chi connectivity index (χ3v) is 6.77. The number of aromatic nitrogens is 1. The summed E-state index contributed by atoms with van der Waals surface area (Å²) in [6.07, 6.45) is 5.26. The minimum Gasteiger partial charge on any atom is -0.454 e. The van der Waals surface area contributed by atoms with Crippen LogP contribution < -0.4 is 10.3 Å². The highest BCUT2D eigenvalue weighted by molar-refractivity contribution is 5.97. The highest BCUT2D eigenvalue weighted by Gasteiger charge is 2.27. The van der Waals surface area contributed by atoms with E-state index in [0.29, 0.717) is 21.8 Å². The Kier molecular flexibility index (Phi) is 6.62. The zero-order chi connectivity index (χ0) is 24.2. The number of nitrogens with zero attached hydrogens (tertiary/aromatic N) is 2. The molecule has 178 valence electrons. The highest BCUT2D eigenvalue weighted by Crippen LogP contribution is 2.27. The van der Waals surface area contributed by atoms with E-state index in [2.05, 4.69) is 0 Å². The fourth-order valence-electron chi connectivity index (χ4n) is 5.12. The standard InChI is InChI=1S/C29H28N2O4/c32-27(31(21-11-3-1-4-12-21)22-13-5-2-6-14-22)20-35-28(33)19-30-25-17-9-7-15-23(25)29(34)24-16-8-10-18-26(24)30/h1,3-4,7-12,15-18,22H,2,5-6,13-14,19-20H2. The molecule has 1 heterocycles. The van der Waals surface area contributed by atoms with Crippen molar-refractivity contribution < 1.29 is 14.3 Å². The molecule has 6 nitrogen and oxygen atoms in total. The van der Waals surface area contributed by atoms with Crippen LogP contribution >= 0.6 is 0 Å². The molecule has 1 aliphatic rings. The number of rotatable bonds is 6. The van der Waals surface area contributed by atoms with E-state index in [4.69, 9.17) is 4.74 Å². The van der Waals surface area contributed by atoms with Gasteiger partial charge in [-0.1, -0.05) is 61.7 Å². The lowest BCUT2D eigenvalue weighted by atomic mass is 9.93. The van der Waals surface area contributed by atoms with E-state index in [-0.39, 0.29) is 30.5 Å². The number of ether oxygens (including phenoxy) is 1. The molecule has 0 bridgehead atoms. The Balaban J connectivity index is 1.37. The van der Waals surface area contributed by atoms with Gasteiger partial charge in [-0.05, 0) is 49.2 Å². The first-order valence-corrected chi connectivity index (χ1v) is 12.2. The topological polar surface area (TPSA) is 68.6 Å². The molecule has 4 aromatic rings. The number of hydrogen-bond donors (Lipinski definition) is 0. The van der Waals surface area contributed by atoms with Gasteiger partial charge in [-0.3, -0.25) is 14.4 Å². The molecule has 1 fully saturated rings. The average molecular weight is 469 g/mol. The van der Waals surface area contributed by atoms with E-state index in [1.165, 1.54) is 6.42 Å². The zero-order valence-electron chi connectivity index (χ0n) is 19.6. The number of carbonyl (C=O) groups excluding carboxylic acids is 2. The Morgan fingerprint density at radius 3 is 2.00 bits per heavy atom. The van der Waals surface area contributed by atoms with Crippen LogP contribution in [0.3, 0.4) is 0 Å². The molecule has 0 aliphatic heterocycles. The van der Waals surface area contributed by atoms with Crippen molar-refractivity contribution in [1.29, 1.82) is 0 Å². The first-order valence-electron chi connectivity index (χ1n) is 12.2. The van der Waals surface area contributed by atoms with Crippen LogP contribution in [0.25, 0.3) is 21.8 Å². The van der Waals surface area contributed by atoms with Gasteiger partial charge in [0.15, 0.2) is 12.0 Å². The van der Waals surface area contributed by atoms with Crippen molar-refractivity contribution in [2.24, 2.45) is 0 Å². The van der Waals surface area contributed by atoms with Gasteiger partial charge >= 0.3 is 5.97 Å². The maximum atomic E-state index is 13.3. The maximum Gasteiger partial charge on any atom is 0.326 e. The third kappa shape index (κ3) is 4.69. The quantitative estimate of drug-likeness (QED) is 0.293. The average Bonchev–Trinajstić information content (AvgIpc) is 2.91. The lowest BCUT2D eigenvalue weighted by molar-refractivity contribution is -0.148. The minimum absolute atomic E-state index is 0.0676. The summed E-state index contributed by atoms with van der Waals surface area (Å²) in [5.41, 5.74) is 2.08. The first kappa shape index (κ1) is 22.8. The van der Waals surface area contributed by atoms with Crippen LogP contribution in [0, 0.1) is 0 Å². The molecule has 6 heteroatoms. The Labute approximate surface area is 203 Å². The van der Waals surface area contributed by atoms with Crippen molar-refractivity contribution in [3.05, 3.63) is 89.1 Å². The number of fused-ring (bicyclic) bond motifs is 2. The Hall–Kier alpha value is -3.93. The summed E-state index contributed by atoms with van der Waals surface area (Å²) in [4.78, 5) is 40.9. The first-order chi connectivity index (χ1) is 17.1. The summed E-state index contributed by atoms with van der Waals surface area (Å²) >= 11 is 0. The maximum absolute atomic E-state index is 13.3. The monoisotopic (exact) mass is 468 g/mol. The fourth-order valence-corrected chi connectivity index (χ4v) is 5.12. The van der Waals surface area contributed by atoms with Crippen LogP contribution in [0.4, 0.5) is 5.69 Å². The number of hydrogen-bond acceptors (Lipinski definition) is 4. The van der Waals surface area contributed by atoms with Gasteiger partial charge in [0.25, 0.3) is 5.91 Å². The summed E-state index contributed by atoms with van der Waals surface area (Å²) in [6, 6.07) is 24.2. The summed E-state index contributed by atoms with van der Waals surface area (Å²) < 4.78 is 7.29. The van der Waals surface area contributed by atoms with E-state index in [1.807, 2.05) is 66.7 Å². The number of carbonyl (C=O) groups is 2. The Morgan fingerprint density at radius 1 is 0.800 bits per heavy atom. The van der Waals surface area contributed by atoms with Crippen molar-refractivity contribution in [2.75, 3.05) is 11.5 Å². The van der Waals surface area contributed by atoms with E-state index in [9.17, 15) is 14.4 Å². The smallest absolute Gasteiger partial charge is 0.326 e. The second-order valence-corrected chi connectivity index (χ2v) is 9.00. The number of amides is 1. The SMILES string of the molecule is O=C(Cn1c2ccccc2c(=O)c2ccccc21)OCC(=O)N(c1ccccc1)C1CCCCC1. The molecule has 0 N–H and O–H groups in total.